The van der Waals surface area contributed by atoms with Gasteiger partial charge in [0, 0.05) is 16.0 Å². The van der Waals surface area contributed by atoms with Crippen LogP contribution in [0.3, 0.4) is 0 Å². The van der Waals surface area contributed by atoms with Gasteiger partial charge in [-0.3, -0.25) is 9.78 Å². The largest absolute Gasteiger partial charge is 0.345 e. The van der Waals surface area contributed by atoms with E-state index in [0.29, 0.717) is 5.56 Å². The molecule has 0 bridgehead atoms. The highest BCUT2D eigenvalue weighted by atomic mass is 32.1. The van der Waals surface area contributed by atoms with Crippen molar-refractivity contribution in [3.8, 4) is 0 Å². The highest BCUT2D eigenvalue weighted by Gasteiger charge is 2.17. The van der Waals surface area contributed by atoms with Crippen molar-refractivity contribution >= 4 is 28.1 Å². The summed E-state index contributed by atoms with van der Waals surface area (Å²) in [6, 6.07) is 13.8. The number of nitrogens with zero attached hydrogens (tertiary/aromatic N) is 1. The van der Waals surface area contributed by atoms with Crippen molar-refractivity contribution in [2.45, 2.75) is 32.7 Å². The summed E-state index contributed by atoms with van der Waals surface area (Å²) in [6.07, 6.45) is 0. The Kier molecular flexibility index (Phi) is 4.44. The van der Waals surface area contributed by atoms with Crippen molar-refractivity contribution in [3.05, 3.63) is 64.0 Å². The van der Waals surface area contributed by atoms with E-state index in [0.717, 1.165) is 21.5 Å². The quantitative estimate of drug-likeness (QED) is 0.741. The van der Waals surface area contributed by atoms with Gasteiger partial charge in [0.25, 0.3) is 5.91 Å². The van der Waals surface area contributed by atoms with E-state index < -0.39 is 0 Å². The standard InChI is InChI=1S/C19H20N2OS/c1-12(2)17-11-15(14-7-4-5-8-16(14)21-17)19(22)20-13(3)18-9-6-10-23-18/h4-13H,1-3H3,(H,20,22). The molecule has 2 heterocycles. The first kappa shape index (κ1) is 15.7. The van der Waals surface area contributed by atoms with E-state index in [1.165, 1.54) is 0 Å². The van der Waals surface area contributed by atoms with Crippen LogP contribution in [-0.4, -0.2) is 10.9 Å². The summed E-state index contributed by atoms with van der Waals surface area (Å²) < 4.78 is 0. The van der Waals surface area contributed by atoms with Crippen LogP contribution < -0.4 is 5.32 Å². The maximum Gasteiger partial charge on any atom is 0.252 e. The number of aromatic nitrogens is 1. The van der Waals surface area contributed by atoms with Crippen LogP contribution in [0.2, 0.25) is 0 Å². The Balaban J connectivity index is 1.99. The number of amides is 1. The molecule has 0 saturated heterocycles. The predicted molar refractivity (Wildman–Crippen MR) is 96.0 cm³/mol. The molecule has 0 fully saturated rings. The fourth-order valence-corrected chi connectivity index (χ4v) is 3.30. The van der Waals surface area contributed by atoms with Crippen LogP contribution in [-0.2, 0) is 0 Å². The number of nitrogens with one attached hydrogen (secondary N) is 1. The van der Waals surface area contributed by atoms with Gasteiger partial charge in [0.15, 0.2) is 0 Å². The molecular weight excluding hydrogens is 304 g/mol. The molecule has 1 amide bonds. The molecule has 3 nitrogen and oxygen atoms in total. The lowest BCUT2D eigenvalue weighted by Crippen LogP contribution is -2.26. The lowest BCUT2D eigenvalue weighted by Gasteiger charge is -2.15. The summed E-state index contributed by atoms with van der Waals surface area (Å²) in [5.41, 5.74) is 2.51. The molecule has 118 valence electrons. The summed E-state index contributed by atoms with van der Waals surface area (Å²) in [4.78, 5) is 18.6. The Labute approximate surface area is 140 Å². The molecule has 3 rings (SSSR count). The number of hydrogen-bond donors (Lipinski definition) is 1. The second-order valence-electron chi connectivity index (χ2n) is 5.98. The highest BCUT2D eigenvalue weighted by molar-refractivity contribution is 7.10. The third-order valence-corrected chi connectivity index (χ3v) is 4.94. The van der Waals surface area contributed by atoms with Gasteiger partial charge in [0.05, 0.1) is 17.1 Å². The molecule has 2 aromatic heterocycles. The number of thiophene rings is 1. The molecule has 4 heteroatoms. The van der Waals surface area contributed by atoms with Crippen molar-refractivity contribution in [2.24, 2.45) is 0 Å². The lowest BCUT2D eigenvalue weighted by molar-refractivity contribution is 0.0942. The molecule has 3 aromatic rings. The van der Waals surface area contributed by atoms with Crippen LogP contribution in [0.4, 0.5) is 0 Å². The molecule has 1 aromatic carbocycles. The molecule has 0 saturated carbocycles. The molecular formula is C19H20N2OS. The first-order chi connectivity index (χ1) is 11.1. The number of fused-ring (bicyclic) bond motifs is 1. The van der Waals surface area contributed by atoms with E-state index in [2.05, 4.69) is 24.1 Å². The van der Waals surface area contributed by atoms with Gasteiger partial charge in [-0.1, -0.05) is 38.1 Å². The molecule has 0 aliphatic carbocycles. The second-order valence-corrected chi connectivity index (χ2v) is 6.96. The average Bonchev–Trinajstić information content (AvgIpc) is 3.08. The normalized spacial score (nSPS) is 12.5. The molecule has 23 heavy (non-hydrogen) atoms. The summed E-state index contributed by atoms with van der Waals surface area (Å²) >= 11 is 1.65. The molecule has 1 atom stereocenters. The molecule has 1 N–H and O–H groups in total. The zero-order valence-corrected chi connectivity index (χ0v) is 14.4. The monoisotopic (exact) mass is 324 g/mol. The third-order valence-electron chi connectivity index (χ3n) is 3.89. The SMILES string of the molecule is CC(C)c1cc(C(=O)NC(C)c2cccs2)c2ccccc2n1. The molecule has 0 aliphatic heterocycles. The summed E-state index contributed by atoms with van der Waals surface area (Å²) in [5, 5.41) is 6.02. The van der Waals surface area contributed by atoms with Crippen molar-refractivity contribution in [3.63, 3.8) is 0 Å². The van der Waals surface area contributed by atoms with E-state index in [4.69, 9.17) is 0 Å². The van der Waals surface area contributed by atoms with Crippen LogP contribution in [0.1, 0.15) is 53.7 Å². The Bertz CT molecular complexity index is 825. The van der Waals surface area contributed by atoms with Crippen molar-refractivity contribution in [2.75, 3.05) is 0 Å². The topological polar surface area (TPSA) is 42.0 Å². The first-order valence-corrected chi connectivity index (χ1v) is 8.68. The van der Waals surface area contributed by atoms with Crippen LogP contribution in [0.25, 0.3) is 10.9 Å². The van der Waals surface area contributed by atoms with Crippen LogP contribution >= 0.6 is 11.3 Å². The number of carbonyl (C=O) groups excluding carboxylic acids is 1. The predicted octanol–water partition coefficient (Wildman–Crippen LogP) is 4.91. The van der Waals surface area contributed by atoms with E-state index in [9.17, 15) is 4.79 Å². The summed E-state index contributed by atoms with van der Waals surface area (Å²) in [5.74, 6) is 0.229. The molecule has 1 unspecified atom stereocenters. The van der Waals surface area contributed by atoms with Gasteiger partial charge >= 0.3 is 0 Å². The number of pyridine rings is 1. The number of rotatable bonds is 4. The minimum absolute atomic E-state index is 0.00284. The van der Waals surface area contributed by atoms with E-state index >= 15 is 0 Å². The Morgan fingerprint density at radius 2 is 1.91 bits per heavy atom. The minimum Gasteiger partial charge on any atom is -0.345 e. The number of benzene rings is 1. The average molecular weight is 324 g/mol. The van der Waals surface area contributed by atoms with Crippen molar-refractivity contribution in [1.29, 1.82) is 0 Å². The van der Waals surface area contributed by atoms with Crippen LogP contribution in [0, 0.1) is 0 Å². The van der Waals surface area contributed by atoms with Crippen molar-refractivity contribution in [1.82, 2.24) is 10.3 Å². The van der Waals surface area contributed by atoms with Gasteiger partial charge in [0.1, 0.15) is 0 Å². The zero-order chi connectivity index (χ0) is 16.4. The third kappa shape index (κ3) is 3.27. The van der Waals surface area contributed by atoms with Crippen LogP contribution in [0.15, 0.2) is 47.8 Å². The summed E-state index contributed by atoms with van der Waals surface area (Å²) in [6.45, 7) is 6.19. The maximum absolute atomic E-state index is 12.8. The van der Waals surface area contributed by atoms with E-state index in [1.54, 1.807) is 11.3 Å². The van der Waals surface area contributed by atoms with Crippen molar-refractivity contribution < 1.29 is 4.79 Å². The highest BCUT2D eigenvalue weighted by Crippen LogP contribution is 2.24. The number of hydrogen-bond acceptors (Lipinski definition) is 3. The van der Waals surface area contributed by atoms with Crippen LogP contribution in [0.5, 0.6) is 0 Å². The minimum atomic E-state index is -0.0496. The first-order valence-electron chi connectivity index (χ1n) is 7.80. The fourth-order valence-electron chi connectivity index (χ4n) is 2.56. The van der Waals surface area contributed by atoms with Gasteiger partial charge < -0.3 is 5.32 Å². The number of carbonyl (C=O) groups is 1. The molecule has 0 spiro atoms. The molecule has 0 aliphatic rings. The van der Waals surface area contributed by atoms with E-state index in [1.807, 2.05) is 54.8 Å². The van der Waals surface area contributed by atoms with Gasteiger partial charge in [-0.05, 0) is 36.4 Å². The zero-order valence-electron chi connectivity index (χ0n) is 13.5. The smallest absolute Gasteiger partial charge is 0.252 e. The Morgan fingerprint density at radius 1 is 1.13 bits per heavy atom. The fraction of sp³-hybridized carbons (Fsp3) is 0.263. The maximum atomic E-state index is 12.8. The Hall–Kier alpha value is -2.20. The van der Waals surface area contributed by atoms with E-state index in [-0.39, 0.29) is 17.9 Å². The second kappa shape index (κ2) is 6.50. The van der Waals surface area contributed by atoms with Gasteiger partial charge in [-0.25, -0.2) is 0 Å². The Morgan fingerprint density at radius 3 is 2.61 bits per heavy atom. The lowest BCUT2D eigenvalue weighted by atomic mass is 10.0. The van der Waals surface area contributed by atoms with Gasteiger partial charge in [-0.15, -0.1) is 11.3 Å². The molecule has 0 radical (unpaired) electrons. The van der Waals surface area contributed by atoms with Gasteiger partial charge in [-0.2, -0.15) is 0 Å². The number of para-hydroxylation sites is 1. The summed E-state index contributed by atoms with van der Waals surface area (Å²) in [7, 11) is 0. The van der Waals surface area contributed by atoms with Gasteiger partial charge in [0.2, 0.25) is 0 Å².